The highest BCUT2D eigenvalue weighted by atomic mass is 79.9. The van der Waals surface area contributed by atoms with Gasteiger partial charge in [-0.3, -0.25) is 0 Å². The molecule has 0 spiro atoms. The van der Waals surface area contributed by atoms with Crippen LogP contribution in [0.1, 0.15) is 36.5 Å². The molecule has 1 aliphatic rings. The van der Waals surface area contributed by atoms with Crippen molar-refractivity contribution in [2.24, 2.45) is 0 Å². The minimum absolute atomic E-state index is 0. The largest absolute Gasteiger partial charge is 0.494 e. The van der Waals surface area contributed by atoms with Gasteiger partial charge < -0.3 is 18.1 Å². The van der Waals surface area contributed by atoms with Crippen LogP contribution >= 0.6 is 15.9 Å². The van der Waals surface area contributed by atoms with Crippen molar-refractivity contribution in [1.29, 1.82) is 0 Å². The van der Waals surface area contributed by atoms with Crippen LogP contribution < -0.4 is 5.46 Å². The molecule has 0 radical (unpaired) electrons. The van der Waals surface area contributed by atoms with Crippen molar-refractivity contribution in [3.8, 4) is 101 Å². The van der Waals surface area contributed by atoms with Gasteiger partial charge in [0.05, 0.1) is 11.2 Å². The highest BCUT2D eigenvalue weighted by Gasteiger charge is 2.52. The van der Waals surface area contributed by atoms with Crippen molar-refractivity contribution in [2.45, 2.75) is 46.3 Å². The Morgan fingerprint density at radius 2 is 0.522 bits per heavy atom. The molecule has 0 atom stereocenters. The lowest BCUT2D eigenvalue weighted by atomic mass is 9.78. The molecule has 4 nitrogen and oxygen atoms in total. The van der Waals surface area contributed by atoms with Gasteiger partial charge in [0.2, 0.25) is 0 Å². The molecule has 6 heteroatoms. The van der Waals surface area contributed by atoms with Gasteiger partial charge in [-0.1, -0.05) is 377 Å². The van der Waals surface area contributed by atoms with E-state index in [1.165, 1.54) is 120 Å². The first kappa shape index (κ1) is 71.7. The fraction of sp³-hybridized carbons (Fsp3) is 0.0654. The van der Waals surface area contributed by atoms with E-state index in [9.17, 15) is 0 Å². The standard InChI is InChI=1S/C50H32O.C30H19Br.C26H25BO3.CH4.H2/c1-3-15-35(16-4-1)49-45-32-38(30-31-46(45)51-50(49)37-17-5-2-6-18-37)48-43-23-11-9-21-41(43)47(42-22-10-12-24-44(42)48)36-28-26-34(27-29-36)40-25-13-19-33-14-7-8-20-39(33)40;31-30-27-13-5-3-11-25(27)29(26-12-4-6-14-28(26)30)22-18-16-21(17-19-22)24-15-7-9-20-8-1-2-10-23(20)24;1-25(2)26(3,4)30-27(29-25)20-15-16-22-21(17-20)23(18-11-7-5-8-12-18)24(28-22)19-13-9-6-10-14-19;;/h1-32H;1-19H;5-17H,1-4H3;1H4;1H. The van der Waals surface area contributed by atoms with Crippen LogP contribution in [0.4, 0.5) is 0 Å². The van der Waals surface area contributed by atoms with Crippen molar-refractivity contribution < 1.29 is 19.6 Å². The van der Waals surface area contributed by atoms with E-state index in [4.69, 9.17) is 18.1 Å². The number of hydrogen-bond acceptors (Lipinski definition) is 4. The monoisotopic (exact) mass is 1520 g/mol. The lowest BCUT2D eigenvalue weighted by Crippen LogP contribution is -2.41. The van der Waals surface area contributed by atoms with Gasteiger partial charge in [-0.15, -0.1) is 0 Å². The fourth-order valence-electron chi connectivity index (χ4n) is 16.6. The molecule has 0 aliphatic carbocycles. The maximum absolute atomic E-state index is 6.65. The average molecular weight is 1520 g/mol. The third-order valence-electron chi connectivity index (χ3n) is 22.8. The van der Waals surface area contributed by atoms with Gasteiger partial charge in [-0.05, 0) is 199 Å². The Morgan fingerprint density at radius 1 is 0.239 bits per heavy atom. The molecule has 113 heavy (non-hydrogen) atoms. The van der Waals surface area contributed by atoms with Gasteiger partial charge in [-0.25, -0.2) is 0 Å². The summed E-state index contributed by atoms with van der Waals surface area (Å²) in [5, 5.41) is 17.2. The molecule has 0 amide bonds. The highest BCUT2D eigenvalue weighted by Crippen LogP contribution is 2.50. The summed E-state index contributed by atoms with van der Waals surface area (Å²) < 4.78 is 26.7. The Morgan fingerprint density at radius 3 is 0.920 bits per heavy atom. The first-order chi connectivity index (χ1) is 55.0. The van der Waals surface area contributed by atoms with Crippen LogP contribution in [0.25, 0.3) is 187 Å². The Kier molecular flexibility index (Phi) is 19.1. The minimum atomic E-state index is -0.405. The van der Waals surface area contributed by atoms with Crippen LogP contribution in [-0.4, -0.2) is 18.3 Å². The predicted octanol–water partition coefficient (Wildman–Crippen LogP) is 30.4. The maximum Gasteiger partial charge on any atom is 0.494 e. The van der Waals surface area contributed by atoms with Gasteiger partial charge >= 0.3 is 7.12 Å². The first-order valence-corrected chi connectivity index (χ1v) is 39.2. The van der Waals surface area contributed by atoms with Crippen LogP contribution in [-0.2, 0) is 9.31 Å². The smallest absolute Gasteiger partial charge is 0.455 e. The molecular weight excluding hydrogens is 1440 g/mol. The first-order valence-electron chi connectivity index (χ1n) is 38.4. The van der Waals surface area contributed by atoms with E-state index in [1.807, 2.05) is 42.5 Å². The fourth-order valence-corrected chi connectivity index (χ4v) is 17.3. The zero-order valence-electron chi connectivity index (χ0n) is 62.5. The summed E-state index contributed by atoms with van der Waals surface area (Å²) >= 11 is 3.85. The van der Waals surface area contributed by atoms with Gasteiger partial charge in [-0.2, -0.15) is 0 Å². The lowest BCUT2D eigenvalue weighted by molar-refractivity contribution is 0.00578. The third kappa shape index (κ3) is 13.2. The molecule has 18 aromatic carbocycles. The van der Waals surface area contributed by atoms with Crippen molar-refractivity contribution in [1.82, 2.24) is 0 Å². The van der Waals surface area contributed by atoms with E-state index in [0.29, 0.717) is 0 Å². The van der Waals surface area contributed by atoms with E-state index in [-0.39, 0.29) is 20.1 Å². The number of rotatable bonds is 10. The quantitative estimate of drug-likeness (QED) is 0.101. The molecule has 0 unspecified atom stereocenters. The maximum atomic E-state index is 6.65. The summed E-state index contributed by atoms with van der Waals surface area (Å²) in [5.74, 6) is 1.77. The van der Waals surface area contributed by atoms with Crippen LogP contribution in [0.3, 0.4) is 0 Å². The molecule has 21 rings (SSSR count). The number of hydrogen-bond donors (Lipinski definition) is 0. The zero-order chi connectivity index (χ0) is 75.4. The number of fused-ring (bicyclic) bond motifs is 8. The van der Waals surface area contributed by atoms with Crippen molar-refractivity contribution >= 4 is 115 Å². The van der Waals surface area contributed by atoms with Crippen LogP contribution in [0.15, 0.2) is 402 Å². The summed E-state index contributed by atoms with van der Waals surface area (Å²) in [6, 6.07) is 138. The molecule has 20 aromatic rings. The average Bonchev–Trinajstić information content (AvgIpc) is 0.980. The van der Waals surface area contributed by atoms with E-state index in [1.54, 1.807) is 0 Å². The molecule has 544 valence electrons. The minimum Gasteiger partial charge on any atom is -0.455 e. The Bertz CT molecular complexity index is 6800. The molecule has 1 saturated heterocycles. The van der Waals surface area contributed by atoms with Crippen molar-refractivity contribution in [3.63, 3.8) is 0 Å². The Hall–Kier alpha value is -12.9. The molecule has 1 fully saturated rings. The van der Waals surface area contributed by atoms with Crippen molar-refractivity contribution in [2.75, 3.05) is 0 Å². The number of halogens is 1. The molecule has 2 aromatic heterocycles. The second kappa shape index (κ2) is 30.0. The van der Waals surface area contributed by atoms with Crippen molar-refractivity contribution in [3.05, 3.63) is 393 Å². The molecule has 0 N–H and O–H groups in total. The molecule has 0 saturated carbocycles. The van der Waals surface area contributed by atoms with Crippen LogP contribution in [0.2, 0.25) is 0 Å². The molecule has 3 heterocycles. The van der Waals surface area contributed by atoms with E-state index in [2.05, 4.69) is 389 Å². The molecule has 1 aliphatic heterocycles. The van der Waals surface area contributed by atoms with Gasteiger partial charge in [0.1, 0.15) is 22.7 Å². The van der Waals surface area contributed by atoms with Crippen LogP contribution in [0, 0.1) is 0 Å². The zero-order valence-corrected chi connectivity index (χ0v) is 64.1. The lowest BCUT2D eigenvalue weighted by Gasteiger charge is -2.32. The second-order valence-electron chi connectivity index (χ2n) is 30.0. The summed E-state index contributed by atoms with van der Waals surface area (Å²) in [7, 11) is -0.405. The van der Waals surface area contributed by atoms with Gasteiger partial charge in [0, 0.05) is 38.9 Å². The SMILES string of the molecule is Brc1c2ccccc2c(-c2ccc(-c3cccc4ccccc34)cc2)c2ccccc12.C.CC1(C)OB(c2ccc3oc(-c4ccccc4)c(-c4ccccc4)c3c2)OC1(C)C.[HH].c1ccc(-c2oc3ccc(-c4c5ccccc5c(-c5ccc(-c6cccc7ccccc67)cc5)c5ccccc45)cc3c2-c2ccccc2)cc1. The van der Waals surface area contributed by atoms with Crippen LogP contribution in [0.5, 0.6) is 0 Å². The summed E-state index contributed by atoms with van der Waals surface area (Å²) in [5.41, 5.74) is 21.0. The Labute approximate surface area is 669 Å². The van der Waals surface area contributed by atoms with E-state index in [0.717, 1.165) is 76.8 Å². The second-order valence-corrected chi connectivity index (χ2v) is 30.8. The van der Waals surface area contributed by atoms with E-state index >= 15 is 0 Å². The van der Waals surface area contributed by atoms with Gasteiger partial charge in [0.25, 0.3) is 0 Å². The summed E-state index contributed by atoms with van der Waals surface area (Å²) in [6.45, 7) is 8.30. The summed E-state index contributed by atoms with van der Waals surface area (Å²) in [4.78, 5) is 0. The van der Waals surface area contributed by atoms with E-state index < -0.39 is 7.12 Å². The number of furan rings is 2. The van der Waals surface area contributed by atoms with Gasteiger partial charge in [0.15, 0.2) is 0 Å². The predicted molar refractivity (Wildman–Crippen MR) is 485 cm³/mol. The summed E-state index contributed by atoms with van der Waals surface area (Å²) in [6.07, 6.45) is 0. The number of benzene rings is 18. The normalized spacial score (nSPS) is 13.0. The molecular formula is C107H82BBrO4. The highest BCUT2D eigenvalue weighted by molar-refractivity contribution is 9.10. The molecule has 0 bridgehead atoms. The Balaban J connectivity index is 0.000000129. The topological polar surface area (TPSA) is 44.7 Å². The third-order valence-corrected chi connectivity index (χ3v) is 23.6.